The number of carbonyl (C=O) groups is 2. The fraction of sp³-hybridized carbons (Fsp3) is 0.258. The van der Waals surface area contributed by atoms with Crippen LogP contribution in [0.2, 0.25) is 0 Å². The van der Waals surface area contributed by atoms with Gasteiger partial charge in [0.05, 0.1) is 17.8 Å². The Hall–Kier alpha value is -4.46. The number of amides is 2. The maximum atomic E-state index is 13.8. The largest absolute Gasteiger partial charge is 0.366 e. The standard InChI is InChI=1S/C31H29FN4O3/c1-18-28(19(2)39-34-18)22-15-25(30(33)37)29-24-14-21(31(38)35-12-11-23(32)17-35)8-9-26(24)36(27(29)16-22)13-10-20-6-4-3-5-7-20/h3-9,14-16,23H,10-13,17H2,1-2H3,(H2,33,37)/t23-/m0/s1. The van der Waals surface area contributed by atoms with E-state index in [1.54, 1.807) is 17.0 Å². The molecule has 7 nitrogen and oxygen atoms in total. The molecule has 3 aromatic carbocycles. The maximum Gasteiger partial charge on any atom is 0.253 e. The number of primary amides is 1. The van der Waals surface area contributed by atoms with Crippen LogP contribution in [0.3, 0.4) is 0 Å². The Balaban J connectivity index is 1.58. The minimum atomic E-state index is -0.998. The number of aryl methyl sites for hydroxylation is 4. The summed E-state index contributed by atoms with van der Waals surface area (Å²) in [5.74, 6) is -0.124. The lowest BCUT2D eigenvalue weighted by Crippen LogP contribution is -2.28. The molecule has 2 N–H and O–H groups in total. The summed E-state index contributed by atoms with van der Waals surface area (Å²) in [5, 5.41) is 5.55. The van der Waals surface area contributed by atoms with Crippen LogP contribution in [0.4, 0.5) is 4.39 Å². The summed E-state index contributed by atoms with van der Waals surface area (Å²) in [6.07, 6.45) is 0.123. The average Bonchev–Trinajstić information content (AvgIpc) is 3.61. The number of alkyl halides is 1. The molecule has 3 heterocycles. The highest BCUT2D eigenvalue weighted by atomic mass is 19.1. The van der Waals surface area contributed by atoms with E-state index in [9.17, 15) is 14.0 Å². The number of carbonyl (C=O) groups excluding carboxylic acids is 2. The zero-order chi connectivity index (χ0) is 27.3. The van der Waals surface area contributed by atoms with Crippen LogP contribution < -0.4 is 5.73 Å². The maximum absolute atomic E-state index is 13.8. The van der Waals surface area contributed by atoms with Gasteiger partial charge < -0.3 is 19.7 Å². The normalized spacial score (nSPS) is 15.5. The highest BCUT2D eigenvalue weighted by Crippen LogP contribution is 2.38. The van der Waals surface area contributed by atoms with Crippen LogP contribution in [-0.4, -0.2) is 45.7 Å². The molecule has 0 saturated carbocycles. The summed E-state index contributed by atoms with van der Waals surface area (Å²) in [4.78, 5) is 27.6. The lowest BCUT2D eigenvalue weighted by molar-refractivity contribution is 0.0782. The van der Waals surface area contributed by atoms with Crippen molar-refractivity contribution in [3.05, 3.63) is 88.8 Å². The third-order valence-electron chi connectivity index (χ3n) is 7.68. The van der Waals surface area contributed by atoms with Gasteiger partial charge in [-0.05, 0) is 68.1 Å². The number of fused-ring (bicyclic) bond motifs is 3. The van der Waals surface area contributed by atoms with Crippen molar-refractivity contribution >= 4 is 33.6 Å². The van der Waals surface area contributed by atoms with Crippen LogP contribution in [0.1, 0.15) is 44.2 Å². The predicted octanol–water partition coefficient (Wildman–Crippen LogP) is 5.59. The van der Waals surface area contributed by atoms with Crippen molar-refractivity contribution in [1.29, 1.82) is 0 Å². The first-order valence-corrected chi connectivity index (χ1v) is 13.1. The Bertz CT molecular complexity index is 1720. The van der Waals surface area contributed by atoms with Gasteiger partial charge in [-0.1, -0.05) is 35.5 Å². The molecule has 39 heavy (non-hydrogen) atoms. The molecule has 0 bridgehead atoms. The van der Waals surface area contributed by atoms with Gasteiger partial charge in [-0.25, -0.2) is 4.39 Å². The number of nitrogens with two attached hydrogens (primary N) is 1. The Morgan fingerprint density at radius 1 is 1.08 bits per heavy atom. The van der Waals surface area contributed by atoms with E-state index in [0.29, 0.717) is 41.8 Å². The molecule has 8 heteroatoms. The molecule has 1 fully saturated rings. The van der Waals surface area contributed by atoms with E-state index >= 15 is 0 Å². The van der Waals surface area contributed by atoms with E-state index in [4.69, 9.17) is 10.3 Å². The first-order chi connectivity index (χ1) is 18.8. The SMILES string of the molecule is Cc1noc(C)c1-c1cc(C(N)=O)c2c3cc(C(=O)N4CC[C@H](F)C4)ccc3n(CCc3ccccc3)c2c1. The Kier molecular flexibility index (Phi) is 6.17. The van der Waals surface area contributed by atoms with Crippen molar-refractivity contribution in [2.24, 2.45) is 5.73 Å². The summed E-state index contributed by atoms with van der Waals surface area (Å²) < 4.78 is 21.4. The molecule has 1 saturated heterocycles. The van der Waals surface area contributed by atoms with Crippen LogP contribution in [-0.2, 0) is 13.0 Å². The summed E-state index contributed by atoms with van der Waals surface area (Å²) in [7, 11) is 0. The molecule has 2 aromatic heterocycles. The minimum absolute atomic E-state index is 0.100. The molecule has 1 aliphatic heterocycles. The first-order valence-electron chi connectivity index (χ1n) is 13.1. The number of halogens is 1. The highest BCUT2D eigenvalue weighted by Gasteiger charge is 2.28. The van der Waals surface area contributed by atoms with E-state index < -0.39 is 12.1 Å². The minimum Gasteiger partial charge on any atom is -0.366 e. The van der Waals surface area contributed by atoms with Crippen LogP contribution in [0.15, 0.2) is 65.2 Å². The zero-order valence-electron chi connectivity index (χ0n) is 21.9. The predicted molar refractivity (Wildman–Crippen MR) is 148 cm³/mol. The van der Waals surface area contributed by atoms with Gasteiger partial charge in [0.25, 0.3) is 5.91 Å². The topological polar surface area (TPSA) is 94.4 Å². The monoisotopic (exact) mass is 524 g/mol. The molecular formula is C31H29FN4O3. The number of nitrogens with zero attached hydrogens (tertiary/aromatic N) is 3. The first kappa shape index (κ1) is 24.9. The summed E-state index contributed by atoms with van der Waals surface area (Å²) in [6, 6.07) is 19.5. The van der Waals surface area contributed by atoms with E-state index in [-0.39, 0.29) is 12.5 Å². The van der Waals surface area contributed by atoms with Crippen LogP contribution >= 0.6 is 0 Å². The molecule has 198 valence electrons. The van der Waals surface area contributed by atoms with Gasteiger partial charge in [0.1, 0.15) is 11.9 Å². The number of hydrogen-bond donors (Lipinski definition) is 1. The lowest BCUT2D eigenvalue weighted by Gasteiger charge is -2.15. The van der Waals surface area contributed by atoms with Crippen molar-refractivity contribution < 1.29 is 18.5 Å². The van der Waals surface area contributed by atoms with Crippen LogP contribution in [0.25, 0.3) is 32.9 Å². The second-order valence-electron chi connectivity index (χ2n) is 10.2. The van der Waals surface area contributed by atoms with Gasteiger partial charge in [0, 0.05) is 46.1 Å². The Labute approximate surface area is 225 Å². The molecule has 1 atom stereocenters. The Morgan fingerprint density at radius 3 is 2.54 bits per heavy atom. The molecule has 0 unspecified atom stereocenters. The van der Waals surface area contributed by atoms with Gasteiger partial charge in [-0.2, -0.15) is 0 Å². The molecular weight excluding hydrogens is 495 g/mol. The molecule has 5 aromatic rings. The van der Waals surface area contributed by atoms with Crippen LogP contribution in [0.5, 0.6) is 0 Å². The van der Waals surface area contributed by atoms with Crippen LogP contribution in [0, 0.1) is 13.8 Å². The smallest absolute Gasteiger partial charge is 0.253 e. The van der Waals surface area contributed by atoms with Crippen molar-refractivity contribution in [1.82, 2.24) is 14.6 Å². The second kappa shape index (κ2) is 9.69. The Morgan fingerprint density at radius 2 is 1.87 bits per heavy atom. The zero-order valence-corrected chi connectivity index (χ0v) is 21.9. The number of likely N-dealkylation sites (tertiary alicyclic amines) is 1. The second-order valence-corrected chi connectivity index (χ2v) is 10.2. The average molecular weight is 525 g/mol. The fourth-order valence-corrected chi connectivity index (χ4v) is 5.80. The molecule has 6 rings (SSSR count). The van der Waals surface area contributed by atoms with E-state index in [2.05, 4.69) is 21.9 Å². The number of benzene rings is 3. The van der Waals surface area contributed by atoms with Gasteiger partial charge in [0.2, 0.25) is 5.91 Å². The van der Waals surface area contributed by atoms with Crippen molar-refractivity contribution in [2.45, 2.75) is 39.4 Å². The van der Waals surface area contributed by atoms with E-state index in [1.807, 2.05) is 50.2 Å². The van der Waals surface area contributed by atoms with Gasteiger partial charge in [0.15, 0.2) is 0 Å². The van der Waals surface area contributed by atoms with E-state index in [0.717, 1.165) is 39.7 Å². The molecule has 0 aliphatic carbocycles. The molecule has 2 amide bonds. The molecule has 1 aliphatic rings. The fourth-order valence-electron chi connectivity index (χ4n) is 5.80. The molecule has 0 spiro atoms. The van der Waals surface area contributed by atoms with Crippen molar-refractivity contribution in [3.63, 3.8) is 0 Å². The van der Waals surface area contributed by atoms with Crippen molar-refractivity contribution in [2.75, 3.05) is 13.1 Å². The third kappa shape index (κ3) is 4.35. The third-order valence-corrected chi connectivity index (χ3v) is 7.68. The van der Waals surface area contributed by atoms with E-state index in [1.165, 1.54) is 5.56 Å². The van der Waals surface area contributed by atoms with Crippen molar-refractivity contribution in [3.8, 4) is 11.1 Å². The number of rotatable bonds is 6. The summed E-state index contributed by atoms with van der Waals surface area (Å²) >= 11 is 0. The van der Waals surface area contributed by atoms with Gasteiger partial charge >= 0.3 is 0 Å². The number of hydrogen-bond acceptors (Lipinski definition) is 4. The van der Waals surface area contributed by atoms with Gasteiger partial charge in [-0.15, -0.1) is 0 Å². The number of aromatic nitrogens is 2. The highest BCUT2D eigenvalue weighted by molar-refractivity contribution is 6.20. The summed E-state index contributed by atoms with van der Waals surface area (Å²) in [5.41, 5.74) is 12.0. The lowest BCUT2D eigenvalue weighted by atomic mass is 9.97. The van der Waals surface area contributed by atoms with Gasteiger partial charge in [-0.3, -0.25) is 9.59 Å². The summed E-state index contributed by atoms with van der Waals surface area (Å²) in [6.45, 7) is 4.85. The quantitative estimate of drug-likeness (QED) is 0.313. The molecule has 0 radical (unpaired) electrons.